The Morgan fingerprint density at radius 2 is 1.88 bits per heavy atom. The molecule has 1 heteroatoms. The fraction of sp³-hybridized carbons (Fsp3) is 0.435. The Morgan fingerprint density at radius 3 is 2.67 bits per heavy atom. The molecule has 1 fully saturated rings. The number of rotatable bonds is 3. The highest BCUT2D eigenvalue weighted by Gasteiger charge is 2.31. The second-order valence-electron chi connectivity index (χ2n) is 7.86. The molecular formula is C23H26O. The molecule has 24 heavy (non-hydrogen) atoms. The van der Waals surface area contributed by atoms with E-state index in [9.17, 15) is 4.79 Å². The second kappa shape index (κ2) is 6.20. The molecule has 0 aromatic heterocycles. The third-order valence-electron chi connectivity index (χ3n) is 5.65. The van der Waals surface area contributed by atoms with Gasteiger partial charge in [0.15, 0.2) is 0 Å². The summed E-state index contributed by atoms with van der Waals surface area (Å²) in [5.74, 6) is 1.22. The quantitative estimate of drug-likeness (QED) is 0.607. The van der Waals surface area contributed by atoms with E-state index in [0.29, 0.717) is 11.7 Å². The molecular weight excluding hydrogens is 292 g/mol. The molecule has 2 aliphatic carbocycles. The van der Waals surface area contributed by atoms with Crippen molar-refractivity contribution in [3.63, 3.8) is 0 Å². The summed E-state index contributed by atoms with van der Waals surface area (Å²) in [6.07, 6.45) is 6.14. The maximum Gasteiger partial charge on any atom is 0.140 e. The van der Waals surface area contributed by atoms with Crippen molar-refractivity contribution in [2.24, 2.45) is 5.92 Å². The van der Waals surface area contributed by atoms with Gasteiger partial charge in [0, 0.05) is 12.3 Å². The van der Waals surface area contributed by atoms with Gasteiger partial charge in [0.25, 0.3) is 0 Å². The molecule has 1 nitrogen and oxygen atoms in total. The number of Topliss-reactive ketones (excluding diaryl/α,β-unsaturated/α-hetero) is 1. The molecule has 2 aromatic rings. The summed E-state index contributed by atoms with van der Waals surface area (Å²) in [6, 6.07) is 13.3. The smallest absolute Gasteiger partial charge is 0.140 e. The summed E-state index contributed by atoms with van der Waals surface area (Å²) in [5, 5.41) is 0. The number of hydrogen-bond acceptors (Lipinski definition) is 1. The maximum atomic E-state index is 12.7. The molecule has 2 aromatic carbocycles. The second-order valence-corrected chi connectivity index (χ2v) is 7.86. The van der Waals surface area contributed by atoms with Crippen molar-refractivity contribution >= 4 is 5.78 Å². The number of hydrogen-bond donors (Lipinski definition) is 0. The molecule has 2 aliphatic rings. The molecule has 124 valence electrons. The topological polar surface area (TPSA) is 17.1 Å². The number of fused-ring (bicyclic) bond motifs is 3. The van der Waals surface area contributed by atoms with Crippen LogP contribution in [0.15, 0.2) is 36.4 Å². The fourth-order valence-corrected chi connectivity index (χ4v) is 4.62. The van der Waals surface area contributed by atoms with Gasteiger partial charge in [0.2, 0.25) is 0 Å². The van der Waals surface area contributed by atoms with Crippen LogP contribution in [0.1, 0.15) is 67.7 Å². The van der Waals surface area contributed by atoms with Crippen LogP contribution in [0.3, 0.4) is 0 Å². The highest BCUT2D eigenvalue weighted by molar-refractivity contribution is 5.89. The highest BCUT2D eigenvalue weighted by atomic mass is 16.1. The number of benzene rings is 2. The van der Waals surface area contributed by atoms with Crippen molar-refractivity contribution in [1.82, 2.24) is 0 Å². The zero-order chi connectivity index (χ0) is 16.7. The summed E-state index contributed by atoms with van der Waals surface area (Å²) in [7, 11) is 0. The molecule has 4 rings (SSSR count). The van der Waals surface area contributed by atoms with Gasteiger partial charge in [-0.3, -0.25) is 4.79 Å². The Morgan fingerprint density at radius 1 is 1.04 bits per heavy atom. The van der Waals surface area contributed by atoms with E-state index in [0.717, 1.165) is 32.1 Å². The molecule has 0 amide bonds. The zero-order valence-corrected chi connectivity index (χ0v) is 14.8. The van der Waals surface area contributed by atoms with Crippen molar-refractivity contribution in [3.8, 4) is 11.1 Å². The minimum atomic E-state index is 0.136. The van der Waals surface area contributed by atoms with E-state index in [2.05, 4.69) is 50.2 Å². The van der Waals surface area contributed by atoms with Crippen molar-refractivity contribution in [1.29, 1.82) is 0 Å². The van der Waals surface area contributed by atoms with E-state index < -0.39 is 0 Å². The Kier molecular flexibility index (Phi) is 4.04. The van der Waals surface area contributed by atoms with Gasteiger partial charge in [-0.2, -0.15) is 0 Å². The van der Waals surface area contributed by atoms with Crippen LogP contribution in [0.25, 0.3) is 11.1 Å². The van der Waals surface area contributed by atoms with E-state index >= 15 is 0 Å². The number of carbonyl (C=O) groups is 1. The summed E-state index contributed by atoms with van der Waals surface area (Å²) < 4.78 is 0. The SMILES string of the molecule is CC(C)Cc1ccc2c(c1C1CCCCC1=O)Cc1ccccc1-2. The lowest BCUT2D eigenvalue weighted by atomic mass is 9.76. The van der Waals surface area contributed by atoms with Gasteiger partial charge >= 0.3 is 0 Å². The Hall–Kier alpha value is -1.89. The lowest BCUT2D eigenvalue weighted by Gasteiger charge is -2.26. The van der Waals surface area contributed by atoms with Gasteiger partial charge in [-0.1, -0.05) is 56.7 Å². The molecule has 1 unspecified atom stereocenters. The maximum absolute atomic E-state index is 12.7. The van der Waals surface area contributed by atoms with Gasteiger partial charge in [0.1, 0.15) is 5.78 Å². The Balaban J connectivity index is 1.87. The summed E-state index contributed by atoms with van der Waals surface area (Å²) in [5.41, 5.74) is 8.40. The predicted molar refractivity (Wildman–Crippen MR) is 99.4 cm³/mol. The largest absolute Gasteiger partial charge is 0.299 e. The predicted octanol–water partition coefficient (Wildman–Crippen LogP) is 5.68. The summed E-state index contributed by atoms with van der Waals surface area (Å²) in [6.45, 7) is 4.54. The van der Waals surface area contributed by atoms with E-state index in [4.69, 9.17) is 0 Å². The minimum Gasteiger partial charge on any atom is -0.299 e. The van der Waals surface area contributed by atoms with Gasteiger partial charge in [-0.25, -0.2) is 0 Å². The Bertz CT molecular complexity index is 785. The monoisotopic (exact) mass is 318 g/mol. The van der Waals surface area contributed by atoms with E-state index in [1.54, 1.807) is 0 Å². The van der Waals surface area contributed by atoms with Crippen molar-refractivity contribution < 1.29 is 4.79 Å². The van der Waals surface area contributed by atoms with E-state index in [1.165, 1.54) is 39.8 Å². The van der Waals surface area contributed by atoms with Crippen LogP contribution in [0.5, 0.6) is 0 Å². The van der Waals surface area contributed by atoms with Crippen LogP contribution in [0.2, 0.25) is 0 Å². The molecule has 0 radical (unpaired) electrons. The zero-order valence-electron chi connectivity index (χ0n) is 14.8. The molecule has 0 N–H and O–H groups in total. The molecule has 1 saturated carbocycles. The third kappa shape index (κ3) is 2.60. The highest BCUT2D eigenvalue weighted by Crippen LogP contribution is 2.44. The minimum absolute atomic E-state index is 0.136. The van der Waals surface area contributed by atoms with Crippen molar-refractivity contribution in [3.05, 3.63) is 58.7 Å². The third-order valence-corrected chi connectivity index (χ3v) is 5.65. The lowest BCUT2D eigenvalue weighted by Crippen LogP contribution is -2.20. The van der Waals surface area contributed by atoms with Crippen molar-refractivity contribution in [2.75, 3.05) is 0 Å². The molecule has 0 bridgehead atoms. The normalized spacial score (nSPS) is 19.5. The molecule has 0 heterocycles. The van der Waals surface area contributed by atoms with Gasteiger partial charge in [0.05, 0.1) is 0 Å². The first kappa shape index (κ1) is 15.6. The Labute approximate surface area is 145 Å². The van der Waals surface area contributed by atoms with Gasteiger partial charge in [-0.15, -0.1) is 0 Å². The van der Waals surface area contributed by atoms with Crippen LogP contribution in [0.4, 0.5) is 0 Å². The molecule has 1 atom stereocenters. The number of carbonyl (C=O) groups excluding carboxylic acids is 1. The summed E-state index contributed by atoms with van der Waals surface area (Å²) in [4.78, 5) is 12.7. The lowest BCUT2D eigenvalue weighted by molar-refractivity contribution is -0.121. The average Bonchev–Trinajstić information content (AvgIpc) is 2.94. The van der Waals surface area contributed by atoms with Gasteiger partial charge < -0.3 is 0 Å². The summed E-state index contributed by atoms with van der Waals surface area (Å²) >= 11 is 0. The number of ketones is 1. The van der Waals surface area contributed by atoms with Crippen LogP contribution in [0, 0.1) is 5.92 Å². The average molecular weight is 318 g/mol. The standard InChI is InChI=1S/C23H26O/c1-15(2)13-17-11-12-19-18-8-4-3-7-16(18)14-21(19)23(17)20-9-5-6-10-22(20)24/h3-4,7-8,11-12,15,20H,5-6,9-10,13-14H2,1-2H3. The molecule has 0 spiro atoms. The van der Waals surface area contributed by atoms with E-state index in [1.807, 2.05) is 0 Å². The van der Waals surface area contributed by atoms with Crippen molar-refractivity contribution in [2.45, 2.75) is 58.3 Å². The molecule has 0 aliphatic heterocycles. The van der Waals surface area contributed by atoms with Crippen LogP contribution in [-0.4, -0.2) is 5.78 Å². The first-order valence-electron chi connectivity index (χ1n) is 9.40. The van der Waals surface area contributed by atoms with Crippen LogP contribution in [-0.2, 0) is 17.6 Å². The first-order valence-corrected chi connectivity index (χ1v) is 9.40. The van der Waals surface area contributed by atoms with Gasteiger partial charge in [-0.05, 0) is 65.0 Å². The fourth-order valence-electron chi connectivity index (χ4n) is 4.62. The molecule has 0 saturated heterocycles. The van der Waals surface area contributed by atoms with E-state index in [-0.39, 0.29) is 5.92 Å². The first-order chi connectivity index (χ1) is 11.6. The van der Waals surface area contributed by atoms with Crippen LogP contribution < -0.4 is 0 Å². The van der Waals surface area contributed by atoms with Crippen LogP contribution >= 0.6 is 0 Å².